The second-order valence-corrected chi connectivity index (χ2v) is 6.02. The van der Waals surface area contributed by atoms with Crippen molar-refractivity contribution in [2.45, 2.75) is 38.9 Å². The van der Waals surface area contributed by atoms with E-state index < -0.39 is 17.8 Å². The smallest absolute Gasteiger partial charge is 0.405 e. The van der Waals surface area contributed by atoms with Crippen LogP contribution in [0.1, 0.15) is 26.3 Å². The fourth-order valence-electron chi connectivity index (χ4n) is 1.44. The molecule has 6 nitrogen and oxygen atoms in total. The largest absolute Gasteiger partial charge is 0.436 e. The topological polar surface area (TPSA) is 92.9 Å². The molecule has 0 aliphatic carbocycles. The van der Waals surface area contributed by atoms with Gasteiger partial charge < -0.3 is 20.5 Å². The number of carbonyl (C=O) groups is 2. The maximum absolute atomic E-state index is 11.8. The molecule has 1 atom stereocenters. The number of nitrogens with zero attached hydrogens (tertiary/aromatic N) is 1. The number of nitrogens with two attached hydrogens (primary N) is 1. The van der Waals surface area contributed by atoms with Crippen LogP contribution in [0.15, 0.2) is 30.3 Å². The predicted octanol–water partition coefficient (Wildman–Crippen LogP) is 1.56. The van der Waals surface area contributed by atoms with E-state index in [4.69, 9.17) is 15.6 Å². The van der Waals surface area contributed by atoms with E-state index in [0.717, 1.165) is 5.56 Å². The van der Waals surface area contributed by atoms with Crippen molar-refractivity contribution in [1.82, 2.24) is 4.90 Å². The van der Waals surface area contributed by atoms with Crippen LogP contribution in [0, 0.1) is 0 Å². The zero-order valence-corrected chi connectivity index (χ0v) is 13.9. The number of aliphatic hydroxyl groups is 1. The van der Waals surface area contributed by atoms with E-state index in [1.54, 1.807) is 34.9 Å². The van der Waals surface area contributed by atoms with Gasteiger partial charge in [-0.25, -0.2) is 4.79 Å². The molecule has 1 aromatic carbocycles. The van der Waals surface area contributed by atoms with Crippen molar-refractivity contribution in [1.29, 1.82) is 0 Å². The van der Waals surface area contributed by atoms with Gasteiger partial charge in [-0.2, -0.15) is 0 Å². The molecule has 0 fully saturated rings. The minimum absolute atomic E-state index is 0.285. The van der Waals surface area contributed by atoms with Gasteiger partial charge in [0, 0.05) is 20.5 Å². The van der Waals surface area contributed by atoms with Crippen LogP contribution in [0.25, 0.3) is 0 Å². The number of amides is 2. The monoisotopic (exact) mass is 310 g/mol. The van der Waals surface area contributed by atoms with E-state index in [1.807, 2.05) is 30.3 Å². The highest BCUT2D eigenvalue weighted by Gasteiger charge is 2.23. The highest BCUT2D eigenvalue weighted by atomic mass is 16.6. The lowest BCUT2D eigenvalue weighted by atomic mass is 10.1. The van der Waals surface area contributed by atoms with Crippen LogP contribution >= 0.6 is 0 Å². The Bertz CT molecular complexity index is 461. The SMILES string of the molecule is CC(C)(C)O.CN(C)C(=O)C(Cc1ccccc1)OC(N)=O. The third-order valence-corrected chi connectivity index (χ3v) is 2.24. The van der Waals surface area contributed by atoms with Gasteiger partial charge in [0.15, 0.2) is 6.10 Å². The maximum atomic E-state index is 11.8. The van der Waals surface area contributed by atoms with E-state index in [0.29, 0.717) is 6.42 Å². The van der Waals surface area contributed by atoms with Gasteiger partial charge in [0.05, 0.1) is 5.60 Å². The van der Waals surface area contributed by atoms with Crippen LogP contribution in [-0.2, 0) is 16.0 Å². The summed E-state index contributed by atoms with van der Waals surface area (Å²) in [5.41, 5.74) is 5.36. The van der Waals surface area contributed by atoms with E-state index in [1.165, 1.54) is 4.90 Å². The maximum Gasteiger partial charge on any atom is 0.405 e. The van der Waals surface area contributed by atoms with Gasteiger partial charge in [-0.05, 0) is 26.3 Å². The van der Waals surface area contributed by atoms with Crippen molar-refractivity contribution in [2.24, 2.45) is 5.73 Å². The third-order valence-electron chi connectivity index (χ3n) is 2.24. The Hall–Kier alpha value is -2.08. The summed E-state index contributed by atoms with van der Waals surface area (Å²) in [4.78, 5) is 23.9. The first-order valence-electron chi connectivity index (χ1n) is 6.94. The minimum Gasteiger partial charge on any atom is -0.436 e. The number of benzene rings is 1. The quantitative estimate of drug-likeness (QED) is 0.882. The predicted molar refractivity (Wildman–Crippen MR) is 85.3 cm³/mol. The standard InChI is InChI=1S/C12H16N2O3.C4H10O/c1-14(2)11(15)10(17-12(13)16)8-9-6-4-3-5-7-9;1-4(2,3)5/h3-7,10H,8H2,1-2H3,(H2,13,16);5H,1-3H3. The van der Waals surface area contributed by atoms with Crippen LogP contribution in [0.4, 0.5) is 4.79 Å². The molecule has 0 radical (unpaired) electrons. The van der Waals surface area contributed by atoms with Crippen LogP contribution < -0.4 is 5.73 Å². The fraction of sp³-hybridized carbons (Fsp3) is 0.500. The molecule has 0 aliphatic rings. The van der Waals surface area contributed by atoms with Gasteiger partial charge in [-0.15, -0.1) is 0 Å². The van der Waals surface area contributed by atoms with Gasteiger partial charge in [0.25, 0.3) is 5.91 Å². The number of hydrogen-bond donors (Lipinski definition) is 2. The van der Waals surface area contributed by atoms with Gasteiger partial charge in [0.2, 0.25) is 0 Å². The van der Waals surface area contributed by atoms with E-state index in [2.05, 4.69) is 0 Å². The Labute approximate surface area is 131 Å². The number of carbonyl (C=O) groups excluding carboxylic acids is 2. The average Bonchev–Trinajstić information content (AvgIpc) is 2.35. The Morgan fingerprint density at radius 2 is 1.68 bits per heavy atom. The van der Waals surface area contributed by atoms with Crippen LogP contribution in [0.3, 0.4) is 0 Å². The van der Waals surface area contributed by atoms with Gasteiger partial charge in [-0.1, -0.05) is 30.3 Å². The molecule has 0 spiro atoms. The van der Waals surface area contributed by atoms with Crippen LogP contribution in [-0.4, -0.2) is 47.8 Å². The van der Waals surface area contributed by atoms with Crippen LogP contribution in [0.5, 0.6) is 0 Å². The zero-order chi connectivity index (χ0) is 17.3. The van der Waals surface area contributed by atoms with Crippen molar-refractivity contribution < 1.29 is 19.4 Å². The van der Waals surface area contributed by atoms with Gasteiger partial charge in [0.1, 0.15) is 0 Å². The molecule has 0 saturated heterocycles. The van der Waals surface area contributed by atoms with Gasteiger partial charge >= 0.3 is 6.09 Å². The number of rotatable bonds is 4. The molecule has 2 amide bonds. The van der Waals surface area contributed by atoms with Crippen molar-refractivity contribution in [3.8, 4) is 0 Å². The molecule has 0 heterocycles. The fourth-order valence-corrected chi connectivity index (χ4v) is 1.44. The summed E-state index contributed by atoms with van der Waals surface area (Å²) in [5, 5.41) is 8.52. The molecule has 0 aromatic heterocycles. The molecular weight excluding hydrogens is 284 g/mol. The molecule has 6 heteroatoms. The van der Waals surface area contributed by atoms with Crippen molar-refractivity contribution in [3.05, 3.63) is 35.9 Å². The molecule has 0 bridgehead atoms. The summed E-state index contributed by atoms with van der Waals surface area (Å²) in [6.45, 7) is 5.23. The van der Waals surface area contributed by atoms with Gasteiger partial charge in [-0.3, -0.25) is 4.79 Å². The second-order valence-electron chi connectivity index (χ2n) is 6.02. The van der Waals surface area contributed by atoms with E-state index in [-0.39, 0.29) is 5.91 Å². The number of ether oxygens (including phenoxy) is 1. The third kappa shape index (κ3) is 10.7. The lowest BCUT2D eigenvalue weighted by Crippen LogP contribution is -2.39. The van der Waals surface area contributed by atoms with E-state index in [9.17, 15) is 9.59 Å². The highest BCUT2D eigenvalue weighted by Crippen LogP contribution is 2.08. The zero-order valence-electron chi connectivity index (χ0n) is 13.9. The first-order valence-corrected chi connectivity index (χ1v) is 6.94. The molecule has 1 unspecified atom stereocenters. The molecule has 1 rings (SSSR count). The normalized spacial score (nSPS) is 11.7. The Morgan fingerprint density at radius 3 is 2.05 bits per heavy atom. The Kier molecular flexibility index (Phi) is 8.19. The molecular formula is C16H26N2O4. The summed E-state index contributed by atoms with van der Waals surface area (Å²) in [6, 6.07) is 9.31. The highest BCUT2D eigenvalue weighted by molar-refractivity contribution is 5.83. The average molecular weight is 310 g/mol. The number of likely N-dealkylation sites (N-methyl/N-ethyl adjacent to an activating group) is 1. The lowest BCUT2D eigenvalue weighted by Gasteiger charge is -2.19. The van der Waals surface area contributed by atoms with E-state index >= 15 is 0 Å². The number of hydrogen-bond acceptors (Lipinski definition) is 4. The first-order chi connectivity index (χ1) is 10.0. The molecule has 22 heavy (non-hydrogen) atoms. The summed E-state index contributed by atoms with van der Waals surface area (Å²) < 4.78 is 4.83. The first kappa shape index (κ1) is 19.9. The Balaban J connectivity index is 0.000000763. The molecule has 0 aliphatic heterocycles. The summed E-state index contributed by atoms with van der Waals surface area (Å²) in [5.74, 6) is -0.285. The van der Waals surface area contributed by atoms with Crippen molar-refractivity contribution in [3.63, 3.8) is 0 Å². The van der Waals surface area contributed by atoms with Crippen molar-refractivity contribution in [2.75, 3.05) is 14.1 Å². The van der Waals surface area contributed by atoms with Crippen LogP contribution in [0.2, 0.25) is 0 Å². The molecule has 0 saturated carbocycles. The lowest BCUT2D eigenvalue weighted by molar-refractivity contribution is -0.137. The Morgan fingerprint density at radius 1 is 1.23 bits per heavy atom. The number of primary amides is 1. The summed E-state index contributed by atoms with van der Waals surface area (Å²) >= 11 is 0. The minimum atomic E-state index is -0.943. The second kappa shape index (κ2) is 9.04. The molecule has 124 valence electrons. The molecule has 3 N–H and O–H groups in total. The summed E-state index contributed by atoms with van der Waals surface area (Å²) in [7, 11) is 3.20. The molecule has 1 aromatic rings. The van der Waals surface area contributed by atoms with Crippen molar-refractivity contribution >= 4 is 12.0 Å². The summed E-state index contributed by atoms with van der Waals surface area (Å²) in [6.07, 6.45) is -1.49.